The second kappa shape index (κ2) is 21.4. The molecule has 4 unspecified atom stereocenters. The van der Waals surface area contributed by atoms with E-state index in [1.165, 1.54) is 24.3 Å². The number of hydrogen-bond donors (Lipinski definition) is 8. The molecule has 0 aliphatic rings. The van der Waals surface area contributed by atoms with Crippen molar-refractivity contribution in [1.82, 2.24) is 21.3 Å². The third-order valence-electron chi connectivity index (χ3n) is 8.38. The second-order valence-corrected chi connectivity index (χ2v) is 15.2. The van der Waals surface area contributed by atoms with E-state index in [-0.39, 0.29) is 51.1 Å². The van der Waals surface area contributed by atoms with Gasteiger partial charge < -0.3 is 10.2 Å². The van der Waals surface area contributed by atoms with Gasteiger partial charge in [-0.05, 0) is 0 Å². The Balaban J connectivity index is 1.23. The van der Waals surface area contributed by atoms with E-state index >= 15 is 0 Å². The number of carbonyl (C=O) groups is 4. The molecule has 10 N–H and O–H groups in total. The van der Waals surface area contributed by atoms with E-state index in [4.69, 9.17) is 11.5 Å². The summed E-state index contributed by atoms with van der Waals surface area (Å²) < 4.78 is 0. The number of rotatable bonds is 20. The first-order valence-electron chi connectivity index (χ1n) is 17.5. The summed E-state index contributed by atoms with van der Waals surface area (Å²) in [7, 11) is 0. The van der Waals surface area contributed by atoms with E-state index in [1.807, 2.05) is 60.7 Å². The predicted molar refractivity (Wildman–Crippen MR) is 205 cm³/mol. The van der Waals surface area contributed by atoms with Crippen LogP contribution in [0.15, 0.2) is 109 Å². The predicted octanol–water partition coefficient (Wildman–Crippen LogP) is 1.77. The molecule has 0 aliphatic carbocycles. The zero-order valence-electron chi connectivity index (χ0n) is 29.4. The topological polar surface area (TPSA) is 209 Å². The van der Waals surface area contributed by atoms with E-state index in [2.05, 4.69) is 21.3 Å². The zero-order chi connectivity index (χ0) is 38.0. The summed E-state index contributed by atoms with van der Waals surface area (Å²) in [6.07, 6.45) is 1.09. The van der Waals surface area contributed by atoms with Crippen molar-refractivity contribution >= 4 is 38.6 Å². The number of nitrogens with two attached hydrogens (primary N) is 2. The monoisotopic (exact) mass is 788 g/mol. The molecule has 4 rings (SSSR count). The Morgan fingerprint density at radius 3 is 1.19 bits per heavy atom. The Bertz CT molecular complexity index is 1620. The Kier molecular flexibility index (Phi) is 16.3. The van der Waals surface area contributed by atoms with Gasteiger partial charge in [-0.25, -0.2) is 0 Å². The molecule has 0 radical (unpaired) electrons. The van der Waals surface area contributed by atoms with Gasteiger partial charge in [0.15, 0.2) is 0 Å². The van der Waals surface area contributed by atoms with Gasteiger partial charge in [-0.2, -0.15) is 0 Å². The van der Waals surface area contributed by atoms with Crippen molar-refractivity contribution in [2.24, 2.45) is 11.5 Å². The van der Waals surface area contributed by atoms with Crippen LogP contribution in [0.25, 0.3) is 0 Å². The van der Waals surface area contributed by atoms with Crippen LogP contribution in [0.1, 0.15) is 22.3 Å². The molecule has 0 saturated carbocycles. The Morgan fingerprint density at radius 2 is 0.830 bits per heavy atom. The number of phenols is 2. The van der Waals surface area contributed by atoms with E-state index in [9.17, 15) is 29.4 Å². The van der Waals surface area contributed by atoms with Crippen LogP contribution in [-0.2, 0) is 44.9 Å². The number of nitrogens with one attached hydrogen (secondary N) is 4. The Labute approximate surface area is 316 Å². The van der Waals surface area contributed by atoms with Gasteiger partial charge in [0.1, 0.15) is 11.5 Å². The van der Waals surface area contributed by atoms with E-state index in [0.29, 0.717) is 36.6 Å². The van der Waals surface area contributed by atoms with Crippen molar-refractivity contribution < 1.29 is 29.4 Å². The minimum absolute atomic E-state index is 0.0931. The molecule has 4 atom stereocenters. The van der Waals surface area contributed by atoms with Gasteiger partial charge in [0.2, 0.25) is 0 Å². The number of benzene rings is 4. The summed E-state index contributed by atoms with van der Waals surface area (Å²) in [5, 5.41) is 32.0. The third kappa shape index (κ3) is 14.4. The van der Waals surface area contributed by atoms with E-state index in [0.717, 1.165) is 22.3 Å². The maximum absolute atomic E-state index is 13.3. The second-order valence-electron chi connectivity index (χ2n) is 12.7. The quantitative estimate of drug-likeness (QED) is 0.0488. The summed E-state index contributed by atoms with van der Waals surface area (Å²) >= 11 is 0.0931. The number of hydrogen-bond acceptors (Lipinski definition) is 8. The van der Waals surface area contributed by atoms with Crippen LogP contribution in [0.2, 0.25) is 10.6 Å². The van der Waals surface area contributed by atoms with Crippen LogP contribution in [0.4, 0.5) is 0 Å². The standard InChI is InChI=1S/C40H48N6O6Se/c41-33(23-29-11-15-31(47)16-12-29)37(49)45-35(25-27-7-3-1-4-8-27)39(51)43-19-21-53-22-20-44-40(52)36(26-28-9-5-2-6-10-28)46-38(50)34(42)24-30-13-17-32(48)18-14-30/h1-18,33-36,47-48H,19-26,41-42H2,(H,43,51)(H,44,52)(H,45,49)(H,46,50). The molecular weight excluding hydrogens is 739 g/mol. The van der Waals surface area contributed by atoms with Crippen molar-refractivity contribution in [2.45, 2.75) is 60.5 Å². The first-order valence-corrected chi connectivity index (χ1v) is 19.9. The molecule has 4 amide bonds. The number of amides is 4. The molecule has 0 heterocycles. The Hall–Kier alpha value is -5.20. The van der Waals surface area contributed by atoms with Crippen molar-refractivity contribution in [1.29, 1.82) is 0 Å². The summed E-state index contributed by atoms with van der Waals surface area (Å²) in [5.74, 6) is -1.28. The van der Waals surface area contributed by atoms with Crippen molar-refractivity contribution in [3.63, 3.8) is 0 Å². The molecule has 4 aromatic rings. The zero-order valence-corrected chi connectivity index (χ0v) is 31.2. The van der Waals surface area contributed by atoms with Gasteiger partial charge in [-0.1, -0.05) is 0 Å². The number of carbonyl (C=O) groups excluding carboxylic acids is 4. The average molecular weight is 788 g/mol. The van der Waals surface area contributed by atoms with Crippen LogP contribution >= 0.6 is 0 Å². The molecule has 0 fully saturated rings. The molecule has 0 saturated heterocycles. The summed E-state index contributed by atoms with van der Waals surface area (Å²) in [5.41, 5.74) is 15.7. The maximum atomic E-state index is 13.3. The fraction of sp³-hybridized carbons (Fsp3) is 0.300. The Morgan fingerprint density at radius 1 is 0.491 bits per heavy atom. The summed E-state index contributed by atoms with van der Waals surface area (Å²) in [6.45, 7) is 0.804. The van der Waals surface area contributed by atoms with Gasteiger partial charge >= 0.3 is 296 Å². The van der Waals surface area contributed by atoms with Gasteiger partial charge in [0.25, 0.3) is 0 Å². The number of aromatic hydroxyl groups is 2. The van der Waals surface area contributed by atoms with Crippen molar-refractivity contribution in [3.05, 3.63) is 131 Å². The molecule has 12 nitrogen and oxygen atoms in total. The van der Waals surface area contributed by atoms with Crippen molar-refractivity contribution in [2.75, 3.05) is 13.1 Å². The molecule has 53 heavy (non-hydrogen) atoms. The molecule has 0 bridgehead atoms. The van der Waals surface area contributed by atoms with Crippen LogP contribution < -0.4 is 32.7 Å². The molecule has 280 valence electrons. The van der Waals surface area contributed by atoms with Crippen LogP contribution in [0.3, 0.4) is 0 Å². The third-order valence-corrected chi connectivity index (χ3v) is 10.4. The van der Waals surface area contributed by atoms with E-state index in [1.54, 1.807) is 24.3 Å². The summed E-state index contributed by atoms with van der Waals surface area (Å²) in [4.78, 5) is 52.5. The average Bonchev–Trinajstić information content (AvgIpc) is 3.16. The first kappa shape index (κ1) is 40.6. The fourth-order valence-electron chi connectivity index (χ4n) is 5.47. The SMILES string of the molecule is NC(Cc1ccc(O)cc1)C(=O)NC(Cc1ccccc1)C(=O)NCC[Se]CCNC(=O)C(Cc1ccccc1)NC(=O)C(N)Cc1ccc(O)cc1. The fourth-order valence-corrected chi connectivity index (χ4v) is 6.94. The van der Waals surface area contributed by atoms with Crippen LogP contribution in [-0.4, -0.2) is 86.1 Å². The molecule has 0 aromatic heterocycles. The van der Waals surface area contributed by atoms with Gasteiger partial charge in [-0.3, -0.25) is 0 Å². The van der Waals surface area contributed by atoms with Gasteiger partial charge in [-0.15, -0.1) is 0 Å². The van der Waals surface area contributed by atoms with Crippen LogP contribution in [0, 0.1) is 0 Å². The van der Waals surface area contributed by atoms with E-state index < -0.39 is 36.0 Å². The molecule has 13 heteroatoms. The van der Waals surface area contributed by atoms with Gasteiger partial charge in [0.05, 0.1) is 0 Å². The normalized spacial score (nSPS) is 13.2. The minimum atomic E-state index is -0.882. The van der Waals surface area contributed by atoms with Gasteiger partial charge in [0, 0.05) is 0 Å². The molecule has 4 aromatic carbocycles. The van der Waals surface area contributed by atoms with Crippen molar-refractivity contribution in [3.8, 4) is 11.5 Å². The molecule has 0 aliphatic heterocycles. The first-order chi connectivity index (χ1) is 25.6. The molecular formula is C40H48N6O6Se. The molecule has 0 spiro atoms. The van der Waals surface area contributed by atoms with Crippen LogP contribution in [0.5, 0.6) is 11.5 Å². The summed E-state index contributed by atoms with van der Waals surface area (Å²) in [6, 6.07) is 28.3. The number of phenolic OH excluding ortho intramolecular Hbond substituents is 2.